The van der Waals surface area contributed by atoms with Gasteiger partial charge in [-0.05, 0) is 27.2 Å². The molecule has 0 aliphatic rings. The molecule has 0 aliphatic heterocycles. The van der Waals surface area contributed by atoms with E-state index in [2.05, 4.69) is 10.4 Å². The zero-order chi connectivity index (χ0) is 15.4. The first-order chi connectivity index (χ1) is 9.29. The number of hydrogen-bond acceptors (Lipinski definition) is 5. The van der Waals surface area contributed by atoms with Crippen LogP contribution in [0.15, 0.2) is 0 Å². The summed E-state index contributed by atoms with van der Waals surface area (Å²) in [6.07, 6.45) is 0.774. The Morgan fingerprint density at radius 3 is 2.60 bits per heavy atom. The van der Waals surface area contributed by atoms with Gasteiger partial charge in [-0.25, -0.2) is 4.68 Å². The van der Waals surface area contributed by atoms with Gasteiger partial charge in [0.15, 0.2) is 0 Å². The average molecular weight is 284 g/mol. The highest BCUT2D eigenvalue weighted by Gasteiger charge is 2.28. The van der Waals surface area contributed by atoms with Crippen molar-refractivity contribution in [2.75, 3.05) is 5.32 Å². The normalized spacial score (nSPS) is 13.8. The number of aromatic nitrogens is 2. The van der Waals surface area contributed by atoms with Crippen molar-refractivity contribution < 1.29 is 14.8 Å². The number of carbonyl (C=O) groups is 1. The molecule has 0 radical (unpaired) electrons. The first-order valence-corrected chi connectivity index (χ1v) is 6.50. The van der Waals surface area contributed by atoms with Gasteiger partial charge in [0, 0.05) is 12.6 Å². The van der Waals surface area contributed by atoms with Crippen LogP contribution in [0.25, 0.3) is 0 Å². The maximum atomic E-state index is 11.1. The Labute approximate surface area is 116 Å². The zero-order valence-corrected chi connectivity index (χ0v) is 12.1. The molecule has 0 saturated carbocycles. The molecule has 0 aliphatic carbocycles. The number of aryl methyl sites for hydroxylation is 2. The van der Waals surface area contributed by atoms with Crippen LogP contribution >= 0.6 is 0 Å². The Kier molecular flexibility index (Phi) is 5.06. The van der Waals surface area contributed by atoms with Gasteiger partial charge < -0.3 is 10.4 Å². The van der Waals surface area contributed by atoms with Gasteiger partial charge in [-0.2, -0.15) is 5.10 Å². The van der Waals surface area contributed by atoms with Gasteiger partial charge in [0.1, 0.15) is 5.69 Å². The maximum Gasteiger partial charge on any atom is 0.333 e. The molecule has 1 aromatic heterocycles. The lowest BCUT2D eigenvalue weighted by Crippen LogP contribution is -2.31. The lowest BCUT2D eigenvalue weighted by atomic mass is 10.0. The molecule has 8 heteroatoms. The number of carboxylic acids is 1. The van der Waals surface area contributed by atoms with Crippen molar-refractivity contribution in [2.45, 2.75) is 46.7 Å². The van der Waals surface area contributed by atoms with Gasteiger partial charge in [-0.15, -0.1) is 0 Å². The third-order valence-electron chi connectivity index (χ3n) is 3.22. The Balaban J connectivity index is 3.14. The van der Waals surface area contributed by atoms with Gasteiger partial charge in [-0.3, -0.25) is 14.9 Å². The fraction of sp³-hybridized carbons (Fsp3) is 0.667. The Hall–Kier alpha value is -2.12. The molecule has 1 aromatic rings. The molecule has 0 fully saturated rings. The molecule has 0 amide bonds. The number of nitro groups is 1. The molecule has 0 aromatic carbocycles. The maximum absolute atomic E-state index is 11.1. The third-order valence-corrected chi connectivity index (χ3v) is 3.22. The summed E-state index contributed by atoms with van der Waals surface area (Å²) < 4.78 is 1.53. The van der Waals surface area contributed by atoms with E-state index >= 15 is 0 Å². The van der Waals surface area contributed by atoms with Gasteiger partial charge in [-0.1, -0.05) is 6.92 Å². The number of nitrogens with zero attached hydrogens (tertiary/aromatic N) is 3. The summed E-state index contributed by atoms with van der Waals surface area (Å²) >= 11 is 0. The van der Waals surface area contributed by atoms with Crippen LogP contribution in [0.5, 0.6) is 0 Å². The number of hydrogen-bond donors (Lipinski definition) is 2. The molecule has 1 heterocycles. The van der Waals surface area contributed by atoms with E-state index in [0.29, 0.717) is 12.2 Å². The molecule has 0 spiro atoms. The van der Waals surface area contributed by atoms with Crippen LogP contribution in [0.4, 0.5) is 11.5 Å². The molecular weight excluding hydrogens is 264 g/mol. The quantitative estimate of drug-likeness (QED) is 0.585. The molecule has 20 heavy (non-hydrogen) atoms. The molecule has 2 N–H and O–H groups in total. The van der Waals surface area contributed by atoms with Crippen LogP contribution in [0.3, 0.4) is 0 Å². The number of anilines is 1. The van der Waals surface area contributed by atoms with E-state index in [9.17, 15) is 14.9 Å². The summed E-state index contributed by atoms with van der Waals surface area (Å²) in [5, 5.41) is 27.2. The van der Waals surface area contributed by atoms with E-state index in [-0.39, 0.29) is 11.5 Å². The number of carboxylic acid groups (broad SMARTS) is 1. The van der Waals surface area contributed by atoms with Crippen molar-refractivity contribution in [3.8, 4) is 0 Å². The lowest BCUT2D eigenvalue weighted by Gasteiger charge is -2.19. The molecule has 0 bridgehead atoms. The van der Waals surface area contributed by atoms with Crippen molar-refractivity contribution in [1.82, 2.24) is 9.78 Å². The first kappa shape index (κ1) is 15.9. The van der Waals surface area contributed by atoms with Crippen LogP contribution in [-0.4, -0.2) is 31.8 Å². The molecule has 1 rings (SSSR count). The van der Waals surface area contributed by atoms with Gasteiger partial charge in [0.05, 0.1) is 10.8 Å². The monoisotopic (exact) mass is 284 g/mol. The largest absolute Gasteiger partial charge is 0.481 e. The van der Waals surface area contributed by atoms with Crippen LogP contribution in [0.1, 0.15) is 32.9 Å². The average Bonchev–Trinajstić information content (AvgIpc) is 2.64. The molecular formula is C12H20N4O4. The summed E-state index contributed by atoms with van der Waals surface area (Å²) in [6, 6.07) is -0.446. The van der Waals surface area contributed by atoms with E-state index in [0.717, 1.165) is 6.42 Å². The minimum atomic E-state index is -0.953. The minimum absolute atomic E-state index is 0.0945. The summed E-state index contributed by atoms with van der Waals surface area (Å²) in [5.41, 5.74) is 0.226. The molecule has 8 nitrogen and oxygen atoms in total. The van der Waals surface area contributed by atoms with Crippen LogP contribution in [0, 0.1) is 23.0 Å². The Bertz CT molecular complexity index is 512. The van der Waals surface area contributed by atoms with Gasteiger partial charge in [0.2, 0.25) is 5.82 Å². The van der Waals surface area contributed by atoms with Crippen LogP contribution in [0.2, 0.25) is 0 Å². The smallest absolute Gasteiger partial charge is 0.333 e. The fourth-order valence-corrected chi connectivity index (χ4v) is 1.86. The second-order valence-corrected chi connectivity index (χ2v) is 4.82. The van der Waals surface area contributed by atoms with Crippen molar-refractivity contribution in [2.24, 2.45) is 5.92 Å². The molecule has 112 valence electrons. The van der Waals surface area contributed by atoms with Crippen LogP contribution < -0.4 is 5.32 Å². The second-order valence-electron chi connectivity index (χ2n) is 4.82. The lowest BCUT2D eigenvalue weighted by molar-refractivity contribution is -0.384. The van der Waals surface area contributed by atoms with E-state index in [1.165, 1.54) is 4.68 Å². The second kappa shape index (κ2) is 6.36. The topological polar surface area (TPSA) is 110 Å². The number of aliphatic carboxylic acids is 1. The fourth-order valence-electron chi connectivity index (χ4n) is 1.86. The SMILES string of the molecule is CCCn1nc(C)c([N+](=O)[O-])c1NC(C)C(C)C(=O)O. The van der Waals surface area contributed by atoms with Gasteiger partial charge in [0.25, 0.3) is 0 Å². The standard InChI is InChI=1S/C12H20N4O4/c1-5-6-15-11(10(16(19)20)9(4)14-15)13-8(3)7(2)12(17)18/h7-8,13H,5-6H2,1-4H3,(H,17,18). The Morgan fingerprint density at radius 2 is 2.15 bits per heavy atom. The van der Waals surface area contributed by atoms with Crippen molar-refractivity contribution in [3.05, 3.63) is 15.8 Å². The highest BCUT2D eigenvalue weighted by molar-refractivity contribution is 5.71. The highest BCUT2D eigenvalue weighted by atomic mass is 16.6. The van der Waals surface area contributed by atoms with E-state index in [1.54, 1.807) is 20.8 Å². The van der Waals surface area contributed by atoms with Gasteiger partial charge >= 0.3 is 11.7 Å². The highest BCUT2D eigenvalue weighted by Crippen LogP contribution is 2.29. The summed E-state index contributed by atoms with van der Waals surface area (Å²) in [7, 11) is 0. The third kappa shape index (κ3) is 3.25. The summed E-state index contributed by atoms with van der Waals surface area (Å²) in [4.78, 5) is 21.6. The summed E-state index contributed by atoms with van der Waals surface area (Å²) in [6.45, 7) is 7.28. The molecule has 2 atom stereocenters. The van der Waals surface area contributed by atoms with Crippen LogP contribution in [-0.2, 0) is 11.3 Å². The zero-order valence-electron chi connectivity index (χ0n) is 12.1. The number of rotatable bonds is 7. The van der Waals surface area contributed by atoms with E-state index in [4.69, 9.17) is 5.11 Å². The van der Waals surface area contributed by atoms with E-state index < -0.39 is 22.9 Å². The van der Waals surface area contributed by atoms with E-state index in [1.807, 2.05) is 6.92 Å². The predicted molar refractivity (Wildman–Crippen MR) is 73.8 cm³/mol. The summed E-state index contributed by atoms with van der Waals surface area (Å²) in [5.74, 6) is -1.35. The van der Waals surface area contributed by atoms with Crippen molar-refractivity contribution in [1.29, 1.82) is 0 Å². The minimum Gasteiger partial charge on any atom is -0.481 e. The first-order valence-electron chi connectivity index (χ1n) is 6.50. The van der Waals surface area contributed by atoms with Crippen molar-refractivity contribution in [3.63, 3.8) is 0 Å². The molecule has 2 unspecified atom stereocenters. The Morgan fingerprint density at radius 1 is 1.55 bits per heavy atom. The molecule has 0 saturated heterocycles. The van der Waals surface area contributed by atoms with Crippen molar-refractivity contribution >= 4 is 17.5 Å². The predicted octanol–water partition coefficient (Wildman–Crippen LogP) is 2.03. The number of nitrogens with one attached hydrogen (secondary N) is 1.